The second-order valence-electron chi connectivity index (χ2n) is 4.94. The van der Waals surface area contributed by atoms with Crippen LogP contribution in [0.3, 0.4) is 0 Å². The number of nitrogens with zero attached hydrogens (tertiary/aromatic N) is 4. The van der Waals surface area contributed by atoms with Crippen molar-refractivity contribution in [1.29, 1.82) is 0 Å². The van der Waals surface area contributed by atoms with E-state index in [1.54, 1.807) is 10.7 Å². The van der Waals surface area contributed by atoms with Gasteiger partial charge < -0.3 is 9.84 Å². The van der Waals surface area contributed by atoms with Crippen LogP contribution in [0.1, 0.15) is 13.2 Å². The molecule has 2 aromatic heterocycles. The van der Waals surface area contributed by atoms with Crippen LogP contribution in [-0.2, 0) is 11.3 Å². The molecule has 2 aliphatic rings. The lowest BCUT2D eigenvalue weighted by atomic mass is 10.00. The lowest BCUT2D eigenvalue weighted by Crippen LogP contribution is -2.34. The number of aliphatic hydroxyl groups is 1. The van der Waals surface area contributed by atoms with Crippen molar-refractivity contribution in [3.8, 4) is 0 Å². The first-order valence-electron chi connectivity index (χ1n) is 5.95. The Morgan fingerprint density at radius 2 is 2.33 bits per heavy atom. The Hall–Kier alpha value is -1.73. The van der Waals surface area contributed by atoms with Gasteiger partial charge in [0.15, 0.2) is 11.9 Å². The van der Waals surface area contributed by atoms with Crippen molar-refractivity contribution < 1.29 is 9.84 Å². The summed E-state index contributed by atoms with van der Waals surface area (Å²) in [6.07, 6.45) is -1.46. The molecule has 4 atom stereocenters. The lowest BCUT2D eigenvalue weighted by molar-refractivity contribution is -0.0350. The van der Waals surface area contributed by atoms with E-state index in [0.717, 1.165) is 0 Å². The fourth-order valence-electron chi connectivity index (χ4n) is 2.84. The van der Waals surface area contributed by atoms with Crippen molar-refractivity contribution in [3.63, 3.8) is 0 Å². The van der Waals surface area contributed by atoms with Gasteiger partial charge in [0.1, 0.15) is 11.6 Å². The number of fused-ring (bicyclic) bond motifs is 3. The van der Waals surface area contributed by atoms with E-state index >= 15 is 0 Å². The zero-order chi connectivity index (χ0) is 12.4. The minimum atomic E-state index is -0.679. The van der Waals surface area contributed by atoms with E-state index in [4.69, 9.17) is 4.74 Å². The summed E-state index contributed by atoms with van der Waals surface area (Å²) in [5.74, 6) is -0.0329. The van der Waals surface area contributed by atoms with Gasteiger partial charge in [-0.3, -0.25) is 9.36 Å². The van der Waals surface area contributed by atoms with Gasteiger partial charge in [-0.05, 0) is 6.07 Å². The Bertz CT molecular complexity index is 691. The van der Waals surface area contributed by atoms with Gasteiger partial charge in [0.25, 0.3) is 5.56 Å². The maximum atomic E-state index is 12.0. The van der Waals surface area contributed by atoms with Crippen LogP contribution in [0.25, 0.3) is 11.2 Å². The molecule has 2 bridgehead atoms. The van der Waals surface area contributed by atoms with E-state index in [0.29, 0.717) is 17.7 Å². The molecule has 94 valence electrons. The molecule has 0 aromatic carbocycles. The monoisotopic (exact) mass is 248 g/mol. The molecule has 0 saturated carbocycles. The van der Waals surface area contributed by atoms with Gasteiger partial charge in [-0.15, -0.1) is 5.10 Å². The molecule has 1 unspecified atom stereocenters. The van der Waals surface area contributed by atoms with Crippen molar-refractivity contribution in [2.24, 2.45) is 5.92 Å². The summed E-state index contributed by atoms with van der Waals surface area (Å²) in [6, 6.07) is 3.08. The third kappa shape index (κ3) is 1.08. The molecule has 1 fully saturated rings. The fourth-order valence-corrected chi connectivity index (χ4v) is 2.84. The highest BCUT2D eigenvalue weighted by molar-refractivity contribution is 5.70. The summed E-state index contributed by atoms with van der Waals surface area (Å²) in [5.41, 5.74) is 1.07. The van der Waals surface area contributed by atoms with Gasteiger partial charge in [0.2, 0.25) is 0 Å². The SMILES string of the molecule is C[C@@H]1C(O)[C@@H]2O[C@@H]1Cn1nnc3ccc(=O)n2c31. The quantitative estimate of drug-likeness (QED) is 0.679. The van der Waals surface area contributed by atoms with Gasteiger partial charge in [-0.2, -0.15) is 0 Å². The van der Waals surface area contributed by atoms with Gasteiger partial charge in [-0.1, -0.05) is 12.1 Å². The van der Waals surface area contributed by atoms with Gasteiger partial charge >= 0.3 is 0 Å². The van der Waals surface area contributed by atoms with E-state index < -0.39 is 12.3 Å². The van der Waals surface area contributed by atoms with Crippen LogP contribution in [0.5, 0.6) is 0 Å². The smallest absolute Gasteiger partial charge is 0.254 e. The first kappa shape index (κ1) is 10.2. The van der Waals surface area contributed by atoms with Crippen LogP contribution in [0.4, 0.5) is 0 Å². The molecule has 1 saturated heterocycles. The predicted molar refractivity (Wildman–Crippen MR) is 60.9 cm³/mol. The van der Waals surface area contributed by atoms with Crippen LogP contribution in [0.2, 0.25) is 0 Å². The highest BCUT2D eigenvalue weighted by atomic mass is 16.5. The van der Waals surface area contributed by atoms with E-state index in [2.05, 4.69) is 10.3 Å². The van der Waals surface area contributed by atoms with Crippen LogP contribution in [0, 0.1) is 5.92 Å². The Balaban J connectivity index is 2.10. The first-order valence-corrected chi connectivity index (χ1v) is 5.95. The van der Waals surface area contributed by atoms with Crippen LogP contribution >= 0.6 is 0 Å². The lowest BCUT2D eigenvalue weighted by Gasteiger charge is -2.20. The molecule has 2 aliphatic heterocycles. The molecule has 0 amide bonds. The summed E-state index contributed by atoms with van der Waals surface area (Å²) in [4.78, 5) is 12.0. The third-order valence-electron chi connectivity index (χ3n) is 3.92. The van der Waals surface area contributed by atoms with E-state index in [-0.39, 0.29) is 17.6 Å². The molecule has 7 heteroatoms. The summed E-state index contributed by atoms with van der Waals surface area (Å²) < 4.78 is 8.93. The summed E-state index contributed by atoms with van der Waals surface area (Å²) in [7, 11) is 0. The maximum absolute atomic E-state index is 12.0. The molecule has 2 aromatic rings. The van der Waals surface area contributed by atoms with Crippen molar-refractivity contribution in [2.45, 2.75) is 31.9 Å². The molecule has 0 aliphatic carbocycles. The van der Waals surface area contributed by atoms with Gasteiger partial charge in [0, 0.05) is 12.0 Å². The molecule has 0 radical (unpaired) electrons. The maximum Gasteiger partial charge on any atom is 0.254 e. The molecule has 0 spiro atoms. The number of rotatable bonds is 0. The van der Waals surface area contributed by atoms with E-state index in [1.165, 1.54) is 10.6 Å². The number of ether oxygens (including phenoxy) is 1. The molecule has 7 nitrogen and oxygen atoms in total. The largest absolute Gasteiger partial charge is 0.388 e. The average molecular weight is 248 g/mol. The van der Waals surface area contributed by atoms with E-state index in [1.807, 2.05) is 6.92 Å². The molecule has 18 heavy (non-hydrogen) atoms. The Morgan fingerprint density at radius 3 is 3.17 bits per heavy atom. The number of pyridine rings is 1. The average Bonchev–Trinajstić information content (AvgIpc) is 2.80. The van der Waals surface area contributed by atoms with Crippen molar-refractivity contribution in [1.82, 2.24) is 19.6 Å². The van der Waals surface area contributed by atoms with Crippen LogP contribution in [0.15, 0.2) is 16.9 Å². The predicted octanol–water partition coefficient (Wildman–Crippen LogP) is -0.499. The molecule has 1 N–H and O–H groups in total. The second-order valence-corrected chi connectivity index (χ2v) is 4.94. The molecular formula is C11H12N4O3. The Morgan fingerprint density at radius 1 is 1.50 bits per heavy atom. The zero-order valence-corrected chi connectivity index (χ0v) is 9.72. The minimum absolute atomic E-state index is 0.0329. The highest BCUT2D eigenvalue weighted by Crippen LogP contribution is 2.37. The first-order chi connectivity index (χ1) is 8.66. The summed E-state index contributed by atoms with van der Waals surface area (Å²) in [6.45, 7) is 2.43. The number of hydrogen-bond acceptors (Lipinski definition) is 5. The highest BCUT2D eigenvalue weighted by Gasteiger charge is 2.45. The summed E-state index contributed by atoms with van der Waals surface area (Å²) >= 11 is 0. The van der Waals surface area contributed by atoms with Crippen LogP contribution < -0.4 is 5.56 Å². The zero-order valence-electron chi connectivity index (χ0n) is 9.72. The standard InChI is InChI=1S/C11H12N4O3/c1-5-7-4-14-10-6(12-13-14)2-3-8(16)15(10)11(18-7)9(5)17/h2-3,5,7,9,11,17H,4H2,1H3/t5-,7+,9?,11-/m0/s1. The van der Waals surface area contributed by atoms with Gasteiger partial charge in [0.05, 0.1) is 12.6 Å². The van der Waals surface area contributed by atoms with Crippen molar-refractivity contribution >= 4 is 11.2 Å². The number of aliphatic hydroxyl groups excluding tert-OH is 1. The second kappa shape index (κ2) is 3.18. The third-order valence-corrected chi connectivity index (χ3v) is 3.92. The fraction of sp³-hybridized carbons (Fsp3) is 0.545. The van der Waals surface area contributed by atoms with Crippen molar-refractivity contribution in [3.05, 3.63) is 22.5 Å². The number of aromatic nitrogens is 4. The van der Waals surface area contributed by atoms with Crippen LogP contribution in [-0.4, -0.2) is 36.9 Å². The number of hydrogen-bond donors (Lipinski definition) is 1. The van der Waals surface area contributed by atoms with Gasteiger partial charge in [-0.25, -0.2) is 4.68 Å². The molecular weight excluding hydrogens is 236 g/mol. The topological polar surface area (TPSA) is 82.2 Å². The van der Waals surface area contributed by atoms with Crippen molar-refractivity contribution in [2.75, 3.05) is 0 Å². The normalized spacial score (nSPS) is 33.9. The molecule has 4 rings (SSSR count). The van der Waals surface area contributed by atoms with E-state index in [9.17, 15) is 9.90 Å². The Labute approximate surface area is 102 Å². The Kier molecular flexibility index (Phi) is 1.80. The molecule has 4 heterocycles. The summed E-state index contributed by atoms with van der Waals surface area (Å²) in [5, 5.41) is 18.3. The minimum Gasteiger partial charge on any atom is -0.388 e.